The van der Waals surface area contributed by atoms with Gasteiger partial charge in [0, 0.05) is 12.0 Å². The highest BCUT2D eigenvalue weighted by Crippen LogP contribution is 2.34. The molecule has 1 fully saturated rings. The Morgan fingerprint density at radius 2 is 2.33 bits per heavy atom. The van der Waals surface area contributed by atoms with E-state index in [-0.39, 0.29) is 0 Å². The third kappa shape index (κ3) is 1.20. The fourth-order valence-electron chi connectivity index (χ4n) is 2.37. The molecule has 0 amide bonds. The summed E-state index contributed by atoms with van der Waals surface area (Å²) < 4.78 is 0. The number of hydrogen-bond donors (Lipinski definition) is 1. The monoisotopic (exact) mass is 162 g/mol. The highest BCUT2D eigenvalue weighted by atomic mass is 14.9. The highest BCUT2D eigenvalue weighted by molar-refractivity contribution is 5.20. The van der Waals surface area contributed by atoms with Crippen LogP contribution in [0.5, 0.6) is 0 Å². The summed E-state index contributed by atoms with van der Waals surface area (Å²) >= 11 is 0. The van der Waals surface area contributed by atoms with Crippen molar-refractivity contribution < 1.29 is 0 Å². The fourth-order valence-corrected chi connectivity index (χ4v) is 2.37. The van der Waals surface area contributed by atoms with E-state index in [9.17, 15) is 0 Å². The van der Waals surface area contributed by atoms with Crippen molar-refractivity contribution in [3.05, 3.63) is 11.8 Å². The molecule has 1 aliphatic heterocycles. The van der Waals surface area contributed by atoms with Crippen LogP contribution in [0.3, 0.4) is 0 Å². The zero-order chi connectivity index (χ0) is 8.39. The van der Waals surface area contributed by atoms with Crippen LogP contribution in [0.25, 0.3) is 0 Å². The number of hydrogen-bond acceptors (Lipinski definition) is 2. The van der Waals surface area contributed by atoms with Crippen LogP contribution in [0.4, 0.5) is 0 Å². The van der Waals surface area contributed by atoms with Crippen molar-refractivity contribution in [1.29, 1.82) is 5.26 Å². The van der Waals surface area contributed by atoms with Gasteiger partial charge in [0.15, 0.2) is 0 Å². The minimum Gasteiger partial charge on any atom is -0.388 e. The van der Waals surface area contributed by atoms with Gasteiger partial charge in [-0.05, 0) is 24.6 Å². The summed E-state index contributed by atoms with van der Waals surface area (Å²) in [5.74, 6) is 0.679. The molecule has 1 heterocycles. The largest absolute Gasteiger partial charge is 0.388 e. The lowest BCUT2D eigenvalue weighted by Crippen LogP contribution is -2.30. The topological polar surface area (TPSA) is 35.8 Å². The van der Waals surface area contributed by atoms with Crippen LogP contribution in [0.15, 0.2) is 11.8 Å². The van der Waals surface area contributed by atoms with Gasteiger partial charge in [-0.1, -0.05) is 12.8 Å². The maximum absolute atomic E-state index is 8.60. The summed E-state index contributed by atoms with van der Waals surface area (Å²) in [6, 6.07) is 2.89. The normalized spacial score (nSPS) is 33.1. The summed E-state index contributed by atoms with van der Waals surface area (Å²) in [5, 5.41) is 12.0. The van der Waals surface area contributed by atoms with E-state index in [1.165, 1.54) is 31.3 Å². The van der Waals surface area contributed by atoms with Crippen LogP contribution >= 0.6 is 0 Å². The van der Waals surface area contributed by atoms with Gasteiger partial charge in [0.2, 0.25) is 0 Å². The second kappa shape index (κ2) is 3.18. The van der Waals surface area contributed by atoms with E-state index in [1.54, 1.807) is 0 Å². The summed E-state index contributed by atoms with van der Waals surface area (Å²) in [6.07, 6.45) is 7.95. The molecule has 12 heavy (non-hydrogen) atoms. The number of rotatable bonds is 1. The van der Waals surface area contributed by atoms with Gasteiger partial charge in [0.1, 0.15) is 0 Å². The van der Waals surface area contributed by atoms with Gasteiger partial charge in [0.25, 0.3) is 0 Å². The van der Waals surface area contributed by atoms with E-state index in [0.717, 1.165) is 0 Å². The first kappa shape index (κ1) is 7.67. The standard InChI is InChI=1S/C10H14N2/c11-6-5-8-7-12-10-4-2-1-3-9(8)10/h7,9-10,12H,1-5H2. The van der Waals surface area contributed by atoms with Crippen LogP contribution in [-0.4, -0.2) is 6.04 Å². The van der Waals surface area contributed by atoms with Crippen molar-refractivity contribution in [3.8, 4) is 6.07 Å². The van der Waals surface area contributed by atoms with Crippen molar-refractivity contribution in [2.24, 2.45) is 5.92 Å². The lowest BCUT2D eigenvalue weighted by molar-refractivity contribution is 0.340. The zero-order valence-corrected chi connectivity index (χ0v) is 7.21. The fraction of sp³-hybridized carbons (Fsp3) is 0.700. The molecule has 2 unspecified atom stereocenters. The van der Waals surface area contributed by atoms with Gasteiger partial charge in [-0.3, -0.25) is 0 Å². The Morgan fingerprint density at radius 3 is 3.17 bits per heavy atom. The van der Waals surface area contributed by atoms with Gasteiger partial charge in [-0.15, -0.1) is 0 Å². The van der Waals surface area contributed by atoms with E-state index >= 15 is 0 Å². The van der Waals surface area contributed by atoms with E-state index in [4.69, 9.17) is 5.26 Å². The summed E-state index contributed by atoms with van der Waals surface area (Å²) in [4.78, 5) is 0. The lowest BCUT2D eigenvalue weighted by atomic mass is 9.81. The van der Waals surface area contributed by atoms with E-state index in [0.29, 0.717) is 18.4 Å². The Hall–Kier alpha value is -0.970. The third-order valence-corrected chi connectivity index (χ3v) is 3.01. The molecule has 2 nitrogen and oxygen atoms in total. The zero-order valence-electron chi connectivity index (χ0n) is 7.21. The highest BCUT2D eigenvalue weighted by Gasteiger charge is 2.30. The van der Waals surface area contributed by atoms with Crippen molar-refractivity contribution >= 4 is 0 Å². The van der Waals surface area contributed by atoms with Crippen molar-refractivity contribution in [1.82, 2.24) is 5.32 Å². The molecule has 2 aliphatic rings. The van der Waals surface area contributed by atoms with Crippen LogP contribution in [-0.2, 0) is 0 Å². The molecule has 0 saturated heterocycles. The second-order valence-electron chi connectivity index (χ2n) is 3.72. The van der Waals surface area contributed by atoms with Crippen molar-refractivity contribution in [2.75, 3.05) is 0 Å². The smallest absolute Gasteiger partial charge is 0.0666 e. The van der Waals surface area contributed by atoms with Gasteiger partial charge >= 0.3 is 0 Å². The molecule has 2 heteroatoms. The van der Waals surface area contributed by atoms with Crippen LogP contribution in [0, 0.1) is 17.2 Å². The molecular weight excluding hydrogens is 148 g/mol. The molecule has 2 atom stereocenters. The molecule has 2 rings (SSSR count). The van der Waals surface area contributed by atoms with Crippen LogP contribution in [0.2, 0.25) is 0 Å². The second-order valence-corrected chi connectivity index (χ2v) is 3.72. The number of nitriles is 1. The lowest BCUT2D eigenvalue weighted by Gasteiger charge is -2.26. The van der Waals surface area contributed by atoms with Crippen molar-refractivity contribution in [3.63, 3.8) is 0 Å². The first-order chi connectivity index (χ1) is 5.92. The third-order valence-electron chi connectivity index (χ3n) is 3.01. The van der Waals surface area contributed by atoms with Gasteiger partial charge in [0.05, 0.1) is 12.5 Å². The van der Waals surface area contributed by atoms with E-state index < -0.39 is 0 Å². The maximum Gasteiger partial charge on any atom is 0.0666 e. The summed E-state index contributed by atoms with van der Waals surface area (Å²) in [7, 11) is 0. The van der Waals surface area contributed by atoms with Gasteiger partial charge < -0.3 is 5.32 Å². The molecule has 0 radical (unpaired) electrons. The van der Waals surface area contributed by atoms with E-state index in [1.807, 2.05) is 0 Å². The first-order valence-electron chi connectivity index (χ1n) is 4.74. The molecule has 0 bridgehead atoms. The van der Waals surface area contributed by atoms with Gasteiger partial charge in [-0.2, -0.15) is 5.26 Å². The average molecular weight is 162 g/mol. The Bertz CT molecular complexity index is 237. The Labute approximate surface area is 73.3 Å². The number of nitrogens with one attached hydrogen (secondary N) is 1. The molecule has 0 aromatic heterocycles. The molecule has 1 N–H and O–H groups in total. The van der Waals surface area contributed by atoms with Crippen LogP contribution < -0.4 is 5.32 Å². The summed E-state index contributed by atoms with van der Waals surface area (Å²) in [6.45, 7) is 0. The quantitative estimate of drug-likeness (QED) is 0.639. The minimum atomic E-state index is 0.619. The number of nitrogens with zero attached hydrogens (tertiary/aromatic N) is 1. The predicted molar refractivity (Wildman–Crippen MR) is 47.2 cm³/mol. The first-order valence-corrected chi connectivity index (χ1v) is 4.74. The Kier molecular flexibility index (Phi) is 2.03. The van der Waals surface area contributed by atoms with Crippen molar-refractivity contribution in [2.45, 2.75) is 38.1 Å². The molecular formula is C10H14N2. The number of fused-ring (bicyclic) bond motifs is 1. The summed E-state index contributed by atoms with van der Waals surface area (Å²) in [5.41, 5.74) is 1.34. The average Bonchev–Trinajstić information content (AvgIpc) is 2.50. The molecule has 0 aromatic rings. The Morgan fingerprint density at radius 1 is 1.50 bits per heavy atom. The predicted octanol–water partition coefficient (Wildman–Crippen LogP) is 1.95. The van der Waals surface area contributed by atoms with Crippen LogP contribution in [0.1, 0.15) is 32.1 Å². The Balaban J connectivity index is 2.04. The molecule has 1 saturated carbocycles. The maximum atomic E-state index is 8.60. The molecule has 0 aromatic carbocycles. The SMILES string of the molecule is N#CCC1=CNC2CCCCC12. The minimum absolute atomic E-state index is 0.619. The molecule has 64 valence electrons. The molecule has 0 spiro atoms. The van der Waals surface area contributed by atoms with E-state index in [2.05, 4.69) is 17.6 Å². The van der Waals surface area contributed by atoms with Gasteiger partial charge in [-0.25, -0.2) is 0 Å². The molecule has 1 aliphatic carbocycles.